The molecular weight excluding hydrogens is 529 g/mol. The highest BCUT2D eigenvalue weighted by molar-refractivity contribution is 7.99. The van der Waals surface area contributed by atoms with Crippen molar-refractivity contribution >= 4 is 35.0 Å². The molecule has 0 N–H and O–H groups in total. The maximum atomic E-state index is 12.9. The average Bonchev–Trinajstić information content (AvgIpc) is 2.84. The van der Waals surface area contributed by atoms with Crippen molar-refractivity contribution in [2.75, 3.05) is 12.8 Å². The van der Waals surface area contributed by atoms with E-state index in [0.717, 1.165) is 34.4 Å². The summed E-state index contributed by atoms with van der Waals surface area (Å²) in [4.78, 5) is 26.3. The lowest BCUT2D eigenvalue weighted by Gasteiger charge is -2.18. The molecule has 0 heterocycles. The summed E-state index contributed by atoms with van der Waals surface area (Å²) in [6, 6.07) is 14.1. The summed E-state index contributed by atoms with van der Waals surface area (Å²) in [5, 5.41) is 11.3. The fourth-order valence-electron chi connectivity index (χ4n) is 3.34. The third kappa shape index (κ3) is 7.74. The van der Waals surface area contributed by atoms with E-state index in [0.29, 0.717) is 6.54 Å². The molecule has 0 unspecified atom stereocenters. The van der Waals surface area contributed by atoms with Gasteiger partial charge in [0.1, 0.15) is 11.5 Å². The summed E-state index contributed by atoms with van der Waals surface area (Å²) in [6.07, 6.45) is -3.04. The maximum Gasteiger partial charge on any atom is 0.416 e. The number of benzene rings is 3. The van der Waals surface area contributed by atoms with Crippen LogP contribution in [0.4, 0.5) is 18.9 Å². The van der Waals surface area contributed by atoms with E-state index in [4.69, 9.17) is 16.3 Å². The third-order valence-corrected chi connectivity index (χ3v) is 6.52. The molecule has 0 fully saturated rings. The number of hydrogen-bond donors (Lipinski definition) is 0. The molecule has 0 aliphatic carbocycles. The lowest BCUT2D eigenvalue weighted by molar-refractivity contribution is -0.385. The van der Waals surface area contributed by atoms with Gasteiger partial charge in [-0.15, -0.1) is 18.3 Å². The van der Waals surface area contributed by atoms with Gasteiger partial charge in [-0.05, 0) is 48.0 Å². The van der Waals surface area contributed by atoms with Crippen LogP contribution in [0, 0.1) is 10.1 Å². The summed E-state index contributed by atoms with van der Waals surface area (Å²) in [6.45, 7) is 3.99. The SMILES string of the molecule is C=CCSc1ccc(CN(C)C(=O)Cc2cc(Oc3ccc(C(F)(F)F)cc3Cl)ccc2[N+](=O)[O-])cc1. The van der Waals surface area contributed by atoms with Gasteiger partial charge in [-0.2, -0.15) is 13.2 Å². The van der Waals surface area contributed by atoms with Gasteiger partial charge in [-0.1, -0.05) is 29.8 Å². The van der Waals surface area contributed by atoms with E-state index in [9.17, 15) is 28.1 Å². The minimum absolute atomic E-state index is 0.0624. The van der Waals surface area contributed by atoms with Crippen LogP contribution in [0.15, 0.2) is 78.2 Å². The second kappa shape index (κ2) is 12.2. The molecule has 0 spiro atoms. The Balaban J connectivity index is 1.74. The first kappa shape index (κ1) is 28.1. The van der Waals surface area contributed by atoms with Crippen LogP contribution in [0.2, 0.25) is 5.02 Å². The molecule has 0 saturated heterocycles. The van der Waals surface area contributed by atoms with E-state index in [1.54, 1.807) is 18.8 Å². The number of rotatable bonds is 10. The van der Waals surface area contributed by atoms with E-state index in [2.05, 4.69) is 6.58 Å². The number of nitro groups is 1. The van der Waals surface area contributed by atoms with Crippen molar-refractivity contribution in [3.8, 4) is 11.5 Å². The van der Waals surface area contributed by atoms with Gasteiger partial charge in [0.25, 0.3) is 5.69 Å². The van der Waals surface area contributed by atoms with Crippen LogP contribution in [0.1, 0.15) is 16.7 Å². The molecule has 0 saturated carbocycles. The van der Waals surface area contributed by atoms with Gasteiger partial charge < -0.3 is 9.64 Å². The Bertz CT molecular complexity index is 1300. The molecule has 0 aliphatic rings. The summed E-state index contributed by atoms with van der Waals surface area (Å²) < 4.78 is 44.2. The number of carbonyl (C=O) groups is 1. The molecule has 3 rings (SSSR count). The molecule has 194 valence electrons. The summed E-state index contributed by atoms with van der Waals surface area (Å²) in [5.41, 5.74) is -0.231. The summed E-state index contributed by atoms with van der Waals surface area (Å²) in [7, 11) is 1.59. The van der Waals surface area contributed by atoms with Gasteiger partial charge in [-0.25, -0.2) is 0 Å². The first-order valence-electron chi connectivity index (χ1n) is 10.9. The molecule has 11 heteroatoms. The van der Waals surface area contributed by atoms with E-state index in [1.807, 2.05) is 30.3 Å². The Morgan fingerprint density at radius 3 is 2.46 bits per heavy atom. The van der Waals surface area contributed by atoms with Crippen molar-refractivity contribution in [3.63, 3.8) is 0 Å². The highest BCUT2D eigenvalue weighted by Crippen LogP contribution is 2.37. The zero-order chi connectivity index (χ0) is 27.2. The molecule has 3 aromatic rings. The largest absolute Gasteiger partial charge is 0.456 e. The van der Waals surface area contributed by atoms with Gasteiger partial charge in [-0.3, -0.25) is 14.9 Å². The van der Waals surface area contributed by atoms with Crippen molar-refractivity contribution in [1.82, 2.24) is 4.90 Å². The van der Waals surface area contributed by atoms with Crippen molar-refractivity contribution in [3.05, 3.63) is 105 Å². The molecule has 0 radical (unpaired) electrons. The molecule has 37 heavy (non-hydrogen) atoms. The van der Waals surface area contributed by atoms with E-state index < -0.39 is 16.7 Å². The van der Waals surface area contributed by atoms with Crippen molar-refractivity contribution in [1.29, 1.82) is 0 Å². The molecule has 0 aliphatic heterocycles. The molecular formula is C26H22ClF3N2O4S. The predicted molar refractivity (Wildman–Crippen MR) is 137 cm³/mol. The number of thioether (sulfide) groups is 1. The topological polar surface area (TPSA) is 72.7 Å². The predicted octanol–water partition coefficient (Wildman–Crippen LogP) is 7.54. The van der Waals surface area contributed by atoms with Gasteiger partial charge in [0.15, 0.2) is 0 Å². The number of nitro benzene ring substituents is 1. The number of amides is 1. The molecule has 0 atom stereocenters. The van der Waals surface area contributed by atoms with Gasteiger partial charge in [0, 0.05) is 35.9 Å². The van der Waals surface area contributed by atoms with E-state index >= 15 is 0 Å². The molecule has 0 bridgehead atoms. The van der Waals surface area contributed by atoms with E-state index in [-0.39, 0.29) is 40.1 Å². The number of hydrogen-bond acceptors (Lipinski definition) is 5. The minimum atomic E-state index is -4.57. The number of carbonyl (C=O) groups excluding carboxylic acids is 1. The van der Waals surface area contributed by atoms with Crippen molar-refractivity contribution in [2.24, 2.45) is 0 Å². The molecule has 6 nitrogen and oxygen atoms in total. The van der Waals surface area contributed by atoms with Crippen LogP contribution in [-0.4, -0.2) is 28.5 Å². The highest BCUT2D eigenvalue weighted by Gasteiger charge is 2.31. The second-order valence-corrected chi connectivity index (χ2v) is 9.46. The Morgan fingerprint density at radius 2 is 1.86 bits per heavy atom. The monoisotopic (exact) mass is 550 g/mol. The third-order valence-electron chi connectivity index (χ3n) is 5.21. The quantitative estimate of drug-likeness (QED) is 0.113. The zero-order valence-corrected chi connectivity index (χ0v) is 21.2. The van der Waals surface area contributed by atoms with Crippen LogP contribution < -0.4 is 4.74 Å². The number of halogens is 4. The van der Waals surface area contributed by atoms with Crippen LogP contribution in [0.25, 0.3) is 0 Å². The van der Waals surface area contributed by atoms with Crippen LogP contribution in [0.3, 0.4) is 0 Å². The van der Waals surface area contributed by atoms with Crippen LogP contribution >= 0.6 is 23.4 Å². The number of alkyl halides is 3. The number of likely N-dealkylation sites (N-methyl/N-ethyl adjacent to an activating group) is 1. The minimum Gasteiger partial charge on any atom is -0.456 e. The first-order valence-corrected chi connectivity index (χ1v) is 12.2. The second-order valence-electron chi connectivity index (χ2n) is 7.96. The van der Waals surface area contributed by atoms with E-state index in [1.165, 1.54) is 23.1 Å². The highest BCUT2D eigenvalue weighted by atomic mass is 35.5. The zero-order valence-electron chi connectivity index (χ0n) is 19.6. The average molecular weight is 551 g/mol. The first-order chi connectivity index (χ1) is 17.5. The fourth-order valence-corrected chi connectivity index (χ4v) is 4.20. The smallest absolute Gasteiger partial charge is 0.416 e. The number of nitrogens with zero attached hydrogens (tertiary/aromatic N) is 2. The normalized spacial score (nSPS) is 11.2. The van der Waals surface area contributed by atoms with Crippen molar-refractivity contribution in [2.45, 2.75) is 24.0 Å². The Hall–Kier alpha value is -3.50. The van der Waals surface area contributed by atoms with Crippen LogP contribution in [-0.2, 0) is 23.9 Å². The van der Waals surface area contributed by atoms with Crippen LogP contribution in [0.5, 0.6) is 11.5 Å². The Kier molecular flexibility index (Phi) is 9.23. The Labute approximate surface area is 220 Å². The van der Waals surface area contributed by atoms with Gasteiger partial charge >= 0.3 is 6.18 Å². The van der Waals surface area contributed by atoms with Gasteiger partial charge in [0.2, 0.25) is 5.91 Å². The fraction of sp³-hybridized carbons (Fsp3) is 0.192. The lowest BCUT2D eigenvalue weighted by atomic mass is 10.1. The maximum absolute atomic E-state index is 12.9. The summed E-state index contributed by atoms with van der Waals surface area (Å²) in [5.74, 6) is 0.445. The standard InChI is InChI=1S/C26H22ClF3N2O4S/c1-3-12-37-21-8-4-17(5-9-21)16-31(2)25(33)14-18-13-20(7-10-23(18)32(34)35)36-24-11-6-19(15-22(24)27)26(28,29)30/h3-11,13,15H,1,12,14,16H2,2H3. The summed E-state index contributed by atoms with van der Waals surface area (Å²) >= 11 is 7.58. The lowest BCUT2D eigenvalue weighted by Crippen LogP contribution is -2.28. The molecule has 3 aromatic carbocycles. The van der Waals surface area contributed by atoms with Gasteiger partial charge in [0.05, 0.1) is 21.9 Å². The molecule has 0 aromatic heterocycles. The van der Waals surface area contributed by atoms with Crippen molar-refractivity contribution < 1.29 is 27.6 Å². The molecule has 1 amide bonds. The number of ether oxygens (including phenoxy) is 1. The Morgan fingerprint density at radius 1 is 1.16 bits per heavy atom.